The van der Waals surface area contributed by atoms with Crippen molar-refractivity contribution < 1.29 is 14.0 Å². The number of benzene rings is 1. The van der Waals surface area contributed by atoms with Crippen LogP contribution in [0.15, 0.2) is 33.5 Å². The number of fused-ring (bicyclic) bond motifs is 2. The van der Waals surface area contributed by atoms with E-state index in [2.05, 4.69) is 5.32 Å². The minimum Gasteiger partial charge on any atom is -0.451 e. The zero-order valence-corrected chi connectivity index (χ0v) is 15.6. The minimum absolute atomic E-state index is 0.0973. The molecule has 27 heavy (non-hydrogen) atoms. The largest absolute Gasteiger partial charge is 0.451 e. The van der Waals surface area contributed by atoms with Crippen molar-refractivity contribution in [2.24, 2.45) is 5.73 Å². The second-order valence-electron chi connectivity index (χ2n) is 6.71. The zero-order chi connectivity index (χ0) is 19.1. The van der Waals surface area contributed by atoms with E-state index < -0.39 is 11.8 Å². The van der Waals surface area contributed by atoms with Crippen molar-refractivity contribution in [3.05, 3.63) is 61.8 Å². The van der Waals surface area contributed by atoms with Crippen molar-refractivity contribution in [3.63, 3.8) is 0 Å². The van der Waals surface area contributed by atoms with Gasteiger partial charge in [-0.3, -0.25) is 14.4 Å². The third kappa shape index (κ3) is 3.14. The molecular formula is C20H18N2O4S. The highest BCUT2D eigenvalue weighted by Gasteiger charge is 2.25. The summed E-state index contributed by atoms with van der Waals surface area (Å²) in [4.78, 5) is 38.0. The monoisotopic (exact) mass is 382 g/mol. The molecule has 1 aliphatic carbocycles. The number of hydrogen-bond acceptors (Lipinski definition) is 5. The Balaban J connectivity index is 1.73. The predicted molar refractivity (Wildman–Crippen MR) is 105 cm³/mol. The third-order valence-electron chi connectivity index (χ3n) is 4.75. The quantitative estimate of drug-likeness (QED) is 0.725. The molecule has 0 aliphatic heterocycles. The smallest absolute Gasteiger partial charge is 0.292 e. The van der Waals surface area contributed by atoms with Crippen molar-refractivity contribution in [2.45, 2.75) is 32.6 Å². The Labute approximate surface area is 159 Å². The minimum atomic E-state index is -0.573. The maximum absolute atomic E-state index is 12.7. The Hall–Kier alpha value is -2.93. The van der Waals surface area contributed by atoms with Gasteiger partial charge in [0.25, 0.3) is 11.8 Å². The molecule has 0 fully saturated rings. The Morgan fingerprint density at radius 1 is 1.19 bits per heavy atom. The molecule has 1 aliphatic rings. The van der Waals surface area contributed by atoms with E-state index >= 15 is 0 Å². The van der Waals surface area contributed by atoms with Gasteiger partial charge in [-0.25, -0.2) is 0 Å². The molecule has 7 heteroatoms. The maximum atomic E-state index is 12.7. The van der Waals surface area contributed by atoms with Crippen LogP contribution in [-0.4, -0.2) is 11.8 Å². The van der Waals surface area contributed by atoms with Gasteiger partial charge >= 0.3 is 0 Å². The van der Waals surface area contributed by atoms with Gasteiger partial charge in [0.05, 0.1) is 10.9 Å². The molecule has 6 nitrogen and oxygen atoms in total. The van der Waals surface area contributed by atoms with Crippen molar-refractivity contribution in [3.8, 4) is 0 Å². The molecule has 0 saturated carbocycles. The molecule has 138 valence electrons. The number of thiophene rings is 1. The van der Waals surface area contributed by atoms with Crippen LogP contribution in [0.2, 0.25) is 0 Å². The lowest BCUT2D eigenvalue weighted by molar-refractivity contribution is 0.0997. The number of nitrogens with one attached hydrogen (secondary N) is 1. The lowest BCUT2D eigenvalue weighted by Gasteiger charge is -2.11. The predicted octanol–water partition coefficient (Wildman–Crippen LogP) is 3.39. The lowest BCUT2D eigenvalue weighted by Crippen LogP contribution is -2.19. The van der Waals surface area contributed by atoms with Crippen LogP contribution in [0.25, 0.3) is 11.0 Å². The zero-order valence-electron chi connectivity index (χ0n) is 14.8. The Morgan fingerprint density at radius 2 is 1.96 bits per heavy atom. The van der Waals surface area contributed by atoms with E-state index in [9.17, 15) is 14.4 Å². The van der Waals surface area contributed by atoms with E-state index in [1.165, 1.54) is 17.4 Å². The maximum Gasteiger partial charge on any atom is 0.292 e. The molecule has 0 spiro atoms. The molecule has 0 saturated heterocycles. The standard InChI is InChI=1S/C20H18N2O4S/c1-10-6-7-11-13(23)9-15(26-14(11)8-10)19(25)22-20-17(18(21)24)12-4-2-3-5-16(12)27-20/h6-9H,2-5H2,1H3,(H2,21,24)(H,22,25). The average molecular weight is 382 g/mol. The first kappa shape index (κ1) is 17.5. The molecular weight excluding hydrogens is 364 g/mol. The van der Waals surface area contributed by atoms with E-state index in [1.54, 1.807) is 12.1 Å². The van der Waals surface area contributed by atoms with Crippen LogP contribution in [0.5, 0.6) is 0 Å². The number of anilines is 1. The number of hydrogen-bond donors (Lipinski definition) is 2. The molecule has 0 bridgehead atoms. The van der Waals surface area contributed by atoms with Gasteiger partial charge in [-0.05, 0) is 55.9 Å². The Bertz CT molecular complexity index is 1140. The van der Waals surface area contributed by atoms with Gasteiger partial charge in [0, 0.05) is 10.9 Å². The van der Waals surface area contributed by atoms with Gasteiger partial charge in [-0.15, -0.1) is 11.3 Å². The van der Waals surface area contributed by atoms with Crippen LogP contribution in [0.3, 0.4) is 0 Å². The third-order valence-corrected chi connectivity index (χ3v) is 5.96. The van der Waals surface area contributed by atoms with Crippen LogP contribution in [0.1, 0.15) is 49.8 Å². The lowest BCUT2D eigenvalue weighted by atomic mass is 9.95. The van der Waals surface area contributed by atoms with Crippen LogP contribution >= 0.6 is 11.3 Å². The highest BCUT2D eigenvalue weighted by atomic mass is 32.1. The second kappa shape index (κ2) is 6.66. The van der Waals surface area contributed by atoms with Crippen molar-refractivity contribution >= 4 is 39.1 Å². The summed E-state index contributed by atoms with van der Waals surface area (Å²) in [6.07, 6.45) is 3.71. The van der Waals surface area contributed by atoms with Crippen molar-refractivity contribution in [1.82, 2.24) is 0 Å². The first-order chi connectivity index (χ1) is 12.9. The number of amides is 2. The summed E-state index contributed by atoms with van der Waals surface area (Å²) in [6.45, 7) is 1.88. The topological polar surface area (TPSA) is 102 Å². The summed E-state index contributed by atoms with van der Waals surface area (Å²) in [7, 11) is 0. The van der Waals surface area contributed by atoms with E-state index in [0.717, 1.165) is 41.7 Å². The summed E-state index contributed by atoms with van der Waals surface area (Å²) < 4.78 is 5.64. The molecule has 2 amide bonds. The molecule has 2 heterocycles. The SMILES string of the molecule is Cc1ccc2c(=O)cc(C(=O)Nc3sc4c(c3C(N)=O)CCCC4)oc2c1. The van der Waals surface area contributed by atoms with Crippen LogP contribution in [0, 0.1) is 6.92 Å². The normalized spacial score (nSPS) is 13.4. The summed E-state index contributed by atoms with van der Waals surface area (Å²) >= 11 is 1.37. The van der Waals surface area contributed by atoms with Crippen LogP contribution in [-0.2, 0) is 12.8 Å². The van der Waals surface area contributed by atoms with Crippen molar-refractivity contribution in [2.75, 3.05) is 5.32 Å². The molecule has 3 aromatic rings. The van der Waals surface area contributed by atoms with E-state index in [0.29, 0.717) is 21.5 Å². The fourth-order valence-corrected chi connectivity index (χ4v) is 4.74. The average Bonchev–Trinajstić information content (AvgIpc) is 2.99. The number of aryl methyl sites for hydroxylation is 2. The Kier molecular flexibility index (Phi) is 4.31. The number of nitrogens with two attached hydrogens (primary N) is 1. The summed E-state index contributed by atoms with van der Waals surface area (Å²) in [5, 5.41) is 3.56. The fourth-order valence-electron chi connectivity index (χ4n) is 3.45. The number of carbonyl (C=O) groups excluding carboxylic acids is 2. The summed E-state index contributed by atoms with van der Waals surface area (Å²) in [6, 6.07) is 6.38. The molecule has 2 aromatic heterocycles. The van der Waals surface area contributed by atoms with Gasteiger partial charge in [-0.2, -0.15) is 0 Å². The summed E-state index contributed by atoms with van der Waals surface area (Å²) in [5.74, 6) is -1.23. The highest BCUT2D eigenvalue weighted by Crippen LogP contribution is 2.38. The molecule has 0 unspecified atom stereocenters. The summed E-state index contributed by atoms with van der Waals surface area (Å²) in [5.41, 5.74) is 7.85. The van der Waals surface area contributed by atoms with Gasteiger partial charge < -0.3 is 15.5 Å². The highest BCUT2D eigenvalue weighted by molar-refractivity contribution is 7.17. The number of carbonyl (C=O) groups is 2. The first-order valence-corrected chi connectivity index (χ1v) is 9.56. The van der Waals surface area contributed by atoms with E-state index in [1.807, 2.05) is 13.0 Å². The first-order valence-electron chi connectivity index (χ1n) is 8.74. The van der Waals surface area contributed by atoms with Gasteiger partial charge in [0.15, 0.2) is 11.2 Å². The fraction of sp³-hybridized carbons (Fsp3) is 0.250. The van der Waals surface area contributed by atoms with Crippen LogP contribution < -0.4 is 16.5 Å². The molecule has 1 aromatic carbocycles. The molecule has 0 radical (unpaired) electrons. The number of rotatable bonds is 3. The van der Waals surface area contributed by atoms with Crippen LogP contribution in [0.4, 0.5) is 5.00 Å². The molecule has 0 atom stereocenters. The molecule has 4 rings (SSSR count). The number of primary amides is 1. The Morgan fingerprint density at radius 3 is 2.74 bits per heavy atom. The second-order valence-corrected chi connectivity index (χ2v) is 7.81. The van der Waals surface area contributed by atoms with Gasteiger partial charge in [-0.1, -0.05) is 6.07 Å². The van der Waals surface area contributed by atoms with Gasteiger partial charge in [0.2, 0.25) is 0 Å². The van der Waals surface area contributed by atoms with E-state index in [4.69, 9.17) is 10.2 Å². The molecule has 3 N–H and O–H groups in total. The van der Waals surface area contributed by atoms with Gasteiger partial charge in [0.1, 0.15) is 10.6 Å². The van der Waals surface area contributed by atoms with E-state index in [-0.39, 0.29) is 11.2 Å². The van der Waals surface area contributed by atoms with Crippen molar-refractivity contribution in [1.29, 1.82) is 0 Å².